The molecule has 2 heterocycles. The number of amides is 1. The number of carbonyl (C=O) groups excluding carboxylic acids is 1. The van der Waals surface area contributed by atoms with Gasteiger partial charge < -0.3 is 29.8 Å². The average molecular weight is 439 g/mol. The minimum atomic E-state index is -0.690. The van der Waals surface area contributed by atoms with Crippen LogP contribution in [0, 0.1) is 12.3 Å². The summed E-state index contributed by atoms with van der Waals surface area (Å²) >= 11 is 0. The molecule has 2 aromatic carbocycles. The number of hydrogen-bond acceptors (Lipinski definition) is 8. The van der Waals surface area contributed by atoms with Crippen molar-refractivity contribution in [1.82, 2.24) is 4.90 Å². The highest BCUT2D eigenvalue weighted by Gasteiger charge is 2.47. The summed E-state index contributed by atoms with van der Waals surface area (Å²) in [6.07, 6.45) is -0.260. The Balaban J connectivity index is 1.52. The molecule has 2 atom stereocenters. The third-order valence-electron chi connectivity index (χ3n) is 5.74. The van der Waals surface area contributed by atoms with Gasteiger partial charge in [0, 0.05) is 26.1 Å². The molecule has 9 heteroatoms. The summed E-state index contributed by atoms with van der Waals surface area (Å²) in [5.41, 5.74) is -1.22. The number of para-hydroxylation sites is 1. The third kappa shape index (κ3) is 3.54. The number of phenols is 1. The normalized spacial score (nSPS) is 20.1. The van der Waals surface area contributed by atoms with Crippen molar-refractivity contribution in [3.05, 3.63) is 67.9 Å². The van der Waals surface area contributed by atoms with Crippen LogP contribution in [0.1, 0.15) is 34.9 Å². The standard InChI is InChI=1S/C23H25N3O6/c1-12-8-9-15(32-12)21-23(2,11-31-21)10-24-16-17(20(29)19(16)28)25-14-7-5-6-13(18(14)27)22(30)26(3)4/h5-9,21,24-25,27H,10-11H2,1-4H3/t21-,23+/m0/s1. The van der Waals surface area contributed by atoms with Crippen LogP contribution < -0.4 is 21.5 Å². The molecule has 0 saturated carbocycles. The summed E-state index contributed by atoms with van der Waals surface area (Å²) in [7, 11) is 3.14. The van der Waals surface area contributed by atoms with E-state index in [0.29, 0.717) is 18.9 Å². The number of aromatic hydroxyl groups is 1. The van der Waals surface area contributed by atoms with Gasteiger partial charge in [0.15, 0.2) is 5.75 Å². The third-order valence-corrected chi connectivity index (χ3v) is 5.74. The van der Waals surface area contributed by atoms with Gasteiger partial charge >= 0.3 is 0 Å². The van der Waals surface area contributed by atoms with Crippen molar-refractivity contribution in [2.75, 3.05) is 37.9 Å². The summed E-state index contributed by atoms with van der Waals surface area (Å²) in [6, 6.07) is 8.33. The van der Waals surface area contributed by atoms with Gasteiger partial charge in [-0.15, -0.1) is 0 Å². The average Bonchev–Trinajstić information content (AvgIpc) is 3.17. The van der Waals surface area contributed by atoms with Crippen molar-refractivity contribution in [2.24, 2.45) is 5.41 Å². The van der Waals surface area contributed by atoms with Crippen molar-refractivity contribution in [3.8, 4) is 5.75 Å². The second kappa shape index (κ2) is 7.83. The maximum Gasteiger partial charge on any atom is 0.257 e. The Labute approximate surface area is 184 Å². The molecule has 1 amide bonds. The maximum absolute atomic E-state index is 12.2. The lowest BCUT2D eigenvalue weighted by molar-refractivity contribution is -0.183. The summed E-state index contributed by atoms with van der Waals surface area (Å²) in [5.74, 6) is 0.827. The van der Waals surface area contributed by atoms with Gasteiger partial charge in [-0.25, -0.2) is 0 Å². The lowest BCUT2D eigenvalue weighted by atomic mass is 9.78. The topological polar surface area (TPSA) is 121 Å². The molecule has 3 aromatic rings. The zero-order valence-electron chi connectivity index (χ0n) is 18.3. The van der Waals surface area contributed by atoms with Crippen LogP contribution in [0.3, 0.4) is 0 Å². The molecule has 168 valence electrons. The number of carbonyl (C=O) groups is 1. The summed E-state index contributed by atoms with van der Waals surface area (Å²) in [5, 5.41) is 16.4. The van der Waals surface area contributed by atoms with Crippen LogP contribution in [0.2, 0.25) is 0 Å². The van der Waals surface area contributed by atoms with Gasteiger partial charge in [0.05, 0.1) is 17.9 Å². The smallest absolute Gasteiger partial charge is 0.257 e. The molecule has 32 heavy (non-hydrogen) atoms. The number of nitrogens with one attached hydrogen (secondary N) is 2. The summed E-state index contributed by atoms with van der Waals surface area (Å²) in [4.78, 5) is 38.0. The number of benzene rings is 1. The molecular formula is C23H25N3O6. The number of hydrogen-bond donors (Lipinski definition) is 3. The first kappa shape index (κ1) is 21.6. The number of rotatable bonds is 7. The van der Waals surface area contributed by atoms with Gasteiger partial charge in [0.1, 0.15) is 29.0 Å². The van der Waals surface area contributed by atoms with E-state index in [9.17, 15) is 19.5 Å². The molecule has 9 nitrogen and oxygen atoms in total. The van der Waals surface area contributed by atoms with Crippen LogP contribution in [0.15, 0.2) is 44.3 Å². The first-order valence-corrected chi connectivity index (χ1v) is 10.2. The van der Waals surface area contributed by atoms with E-state index < -0.39 is 10.9 Å². The predicted molar refractivity (Wildman–Crippen MR) is 119 cm³/mol. The van der Waals surface area contributed by atoms with Crippen LogP contribution in [0.4, 0.5) is 17.1 Å². The Morgan fingerprint density at radius 2 is 1.91 bits per heavy atom. The highest BCUT2D eigenvalue weighted by Crippen LogP contribution is 2.46. The van der Waals surface area contributed by atoms with E-state index in [1.54, 1.807) is 20.2 Å². The number of nitrogens with zero attached hydrogens (tertiary/aromatic N) is 1. The molecular weight excluding hydrogens is 414 g/mol. The van der Waals surface area contributed by atoms with Gasteiger partial charge in [0.25, 0.3) is 16.8 Å². The van der Waals surface area contributed by atoms with Crippen molar-refractivity contribution in [2.45, 2.75) is 20.0 Å². The summed E-state index contributed by atoms with van der Waals surface area (Å²) < 4.78 is 11.4. The van der Waals surface area contributed by atoms with Crippen molar-refractivity contribution < 1.29 is 19.1 Å². The Kier molecular flexibility index (Phi) is 5.29. The van der Waals surface area contributed by atoms with Gasteiger partial charge in [-0.2, -0.15) is 0 Å². The first-order chi connectivity index (χ1) is 15.1. The lowest BCUT2D eigenvalue weighted by Gasteiger charge is -2.46. The van der Waals surface area contributed by atoms with Crippen LogP contribution in [0.25, 0.3) is 0 Å². The number of ether oxygens (including phenoxy) is 1. The van der Waals surface area contributed by atoms with E-state index in [0.717, 1.165) is 5.76 Å². The van der Waals surface area contributed by atoms with Crippen molar-refractivity contribution in [3.63, 3.8) is 0 Å². The zero-order valence-corrected chi connectivity index (χ0v) is 18.3. The number of furan rings is 1. The molecule has 0 aliphatic carbocycles. The minimum absolute atomic E-state index is 0.0500. The molecule has 1 aliphatic rings. The largest absolute Gasteiger partial charge is 0.505 e. The predicted octanol–water partition coefficient (Wildman–Crippen LogP) is 2.52. The molecule has 1 saturated heterocycles. The van der Waals surface area contributed by atoms with Gasteiger partial charge in [0.2, 0.25) is 0 Å². The van der Waals surface area contributed by atoms with E-state index in [2.05, 4.69) is 10.6 Å². The Morgan fingerprint density at radius 1 is 1.19 bits per heavy atom. The highest BCUT2D eigenvalue weighted by molar-refractivity contribution is 5.99. The van der Waals surface area contributed by atoms with Crippen LogP contribution in [-0.2, 0) is 4.74 Å². The molecule has 0 spiro atoms. The molecule has 1 aliphatic heterocycles. The van der Waals surface area contributed by atoms with E-state index >= 15 is 0 Å². The van der Waals surface area contributed by atoms with Crippen molar-refractivity contribution >= 4 is 23.0 Å². The fraction of sp³-hybridized carbons (Fsp3) is 0.348. The minimum Gasteiger partial charge on any atom is -0.505 e. The Bertz CT molecular complexity index is 1250. The Hall–Kier alpha value is -3.59. The number of aryl methyl sites for hydroxylation is 1. The van der Waals surface area contributed by atoms with Gasteiger partial charge in [-0.3, -0.25) is 14.4 Å². The molecule has 0 radical (unpaired) electrons. The second-order valence-corrected chi connectivity index (χ2v) is 8.58. The molecule has 0 bridgehead atoms. The first-order valence-electron chi connectivity index (χ1n) is 10.2. The zero-order chi connectivity index (χ0) is 23.2. The molecule has 1 aromatic heterocycles. The Morgan fingerprint density at radius 3 is 2.50 bits per heavy atom. The monoisotopic (exact) mass is 439 g/mol. The van der Waals surface area contributed by atoms with Crippen LogP contribution in [0.5, 0.6) is 5.75 Å². The number of phenolic OH excluding ortho intramolecular Hbond substituents is 1. The van der Waals surface area contributed by atoms with E-state index in [-0.39, 0.29) is 45.8 Å². The van der Waals surface area contributed by atoms with Crippen LogP contribution in [-0.4, -0.2) is 43.2 Å². The molecule has 4 rings (SSSR count). The molecule has 3 N–H and O–H groups in total. The SMILES string of the molecule is Cc1ccc([C@@H]2OC[C@@]2(C)CNc2c(Nc3cccc(C(=O)N(C)C)c3O)c(=O)c2=O)o1. The van der Waals surface area contributed by atoms with Gasteiger partial charge in [-0.1, -0.05) is 13.0 Å². The molecule has 0 unspecified atom stereocenters. The van der Waals surface area contributed by atoms with E-state index in [4.69, 9.17) is 9.15 Å². The molecule has 1 fully saturated rings. The maximum atomic E-state index is 12.2. The highest BCUT2D eigenvalue weighted by atomic mass is 16.5. The fourth-order valence-corrected chi connectivity index (χ4v) is 3.78. The lowest BCUT2D eigenvalue weighted by Crippen LogP contribution is -2.49. The fourth-order valence-electron chi connectivity index (χ4n) is 3.78. The van der Waals surface area contributed by atoms with Crippen molar-refractivity contribution in [1.29, 1.82) is 0 Å². The number of anilines is 3. The van der Waals surface area contributed by atoms with E-state index in [1.165, 1.54) is 17.0 Å². The van der Waals surface area contributed by atoms with Gasteiger partial charge in [-0.05, 0) is 31.2 Å². The van der Waals surface area contributed by atoms with E-state index in [1.807, 2.05) is 26.0 Å². The van der Waals surface area contributed by atoms with Crippen LogP contribution >= 0.6 is 0 Å². The quantitative estimate of drug-likeness (QED) is 0.379. The summed E-state index contributed by atoms with van der Waals surface area (Å²) in [6.45, 7) is 4.71. The second-order valence-electron chi connectivity index (χ2n) is 8.58.